The molecule has 3 rings (SSSR count). The van der Waals surface area contributed by atoms with Crippen LogP contribution >= 0.6 is 11.6 Å². The first kappa shape index (κ1) is 12.6. The van der Waals surface area contributed by atoms with Crippen molar-refractivity contribution in [2.75, 3.05) is 0 Å². The molecule has 1 heterocycles. The molecule has 1 aromatic heterocycles. The van der Waals surface area contributed by atoms with Crippen LogP contribution in [-0.4, -0.2) is 15.6 Å². The molecule has 0 unspecified atom stereocenters. The van der Waals surface area contributed by atoms with Crippen molar-refractivity contribution < 1.29 is 4.79 Å². The average molecular weight is 283 g/mol. The van der Waals surface area contributed by atoms with Crippen molar-refractivity contribution in [3.8, 4) is 5.69 Å². The predicted molar refractivity (Wildman–Crippen MR) is 78.4 cm³/mol. The highest BCUT2D eigenvalue weighted by molar-refractivity contribution is 6.35. The molecule has 0 saturated heterocycles. The van der Waals surface area contributed by atoms with E-state index in [4.69, 9.17) is 11.6 Å². The van der Waals surface area contributed by atoms with Gasteiger partial charge in [-0.2, -0.15) is 5.10 Å². The maximum atomic E-state index is 12.7. The van der Waals surface area contributed by atoms with Crippen molar-refractivity contribution in [2.45, 2.75) is 0 Å². The Morgan fingerprint density at radius 3 is 2.35 bits per heavy atom. The molecule has 0 aliphatic heterocycles. The van der Waals surface area contributed by atoms with Crippen LogP contribution in [0, 0.1) is 0 Å². The number of hydrogen-bond donors (Lipinski definition) is 0. The molecule has 0 amide bonds. The minimum atomic E-state index is -0.110. The Balaban J connectivity index is 2.12. The lowest BCUT2D eigenvalue weighted by Gasteiger charge is -2.09. The smallest absolute Gasteiger partial charge is 0.196 e. The van der Waals surface area contributed by atoms with Gasteiger partial charge in [0.1, 0.15) is 0 Å². The van der Waals surface area contributed by atoms with Crippen LogP contribution in [0.4, 0.5) is 0 Å². The molecule has 0 radical (unpaired) electrons. The molecule has 3 nitrogen and oxygen atoms in total. The second-order valence-electron chi connectivity index (χ2n) is 4.28. The maximum absolute atomic E-state index is 12.7. The number of benzene rings is 2. The summed E-state index contributed by atoms with van der Waals surface area (Å²) in [5.74, 6) is -0.110. The molecular formula is C16H11ClN2O. The van der Waals surface area contributed by atoms with Crippen molar-refractivity contribution in [1.82, 2.24) is 9.78 Å². The highest BCUT2D eigenvalue weighted by Gasteiger charge is 2.16. The molecule has 2 aromatic carbocycles. The van der Waals surface area contributed by atoms with Crippen LogP contribution in [0.1, 0.15) is 15.9 Å². The highest BCUT2D eigenvalue weighted by Crippen LogP contribution is 2.22. The minimum absolute atomic E-state index is 0.110. The Kier molecular flexibility index (Phi) is 3.35. The standard InChI is InChI=1S/C16H11ClN2O/c17-14-8-3-1-6-12(14)16(20)13-7-2-4-9-15(13)19-11-5-10-18-19/h1-11H. The fourth-order valence-corrected chi connectivity index (χ4v) is 2.29. The Morgan fingerprint density at radius 2 is 1.65 bits per heavy atom. The van der Waals surface area contributed by atoms with Crippen LogP contribution in [-0.2, 0) is 0 Å². The summed E-state index contributed by atoms with van der Waals surface area (Å²) in [5.41, 5.74) is 1.81. The zero-order valence-corrected chi connectivity index (χ0v) is 11.3. The van der Waals surface area contributed by atoms with Gasteiger partial charge < -0.3 is 0 Å². The van der Waals surface area contributed by atoms with Crippen molar-refractivity contribution in [3.05, 3.63) is 83.1 Å². The van der Waals surface area contributed by atoms with Gasteiger partial charge in [0.2, 0.25) is 0 Å². The van der Waals surface area contributed by atoms with Crippen LogP contribution in [0.5, 0.6) is 0 Å². The van der Waals surface area contributed by atoms with E-state index in [0.29, 0.717) is 16.1 Å². The Hall–Kier alpha value is -2.39. The van der Waals surface area contributed by atoms with Gasteiger partial charge in [-0.3, -0.25) is 4.79 Å². The molecule has 0 spiro atoms. The van der Waals surface area contributed by atoms with E-state index >= 15 is 0 Å². The number of halogens is 1. The van der Waals surface area contributed by atoms with Crippen LogP contribution < -0.4 is 0 Å². The van der Waals surface area contributed by atoms with Gasteiger partial charge in [0.05, 0.1) is 10.7 Å². The zero-order chi connectivity index (χ0) is 13.9. The molecule has 0 saturated carbocycles. The lowest BCUT2D eigenvalue weighted by Crippen LogP contribution is -2.08. The number of rotatable bonds is 3. The number of nitrogens with zero attached hydrogens (tertiary/aromatic N) is 2. The lowest BCUT2D eigenvalue weighted by atomic mass is 10.0. The van der Waals surface area contributed by atoms with E-state index in [1.54, 1.807) is 47.4 Å². The number of aromatic nitrogens is 2. The van der Waals surface area contributed by atoms with E-state index in [9.17, 15) is 4.79 Å². The van der Waals surface area contributed by atoms with Crippen molar-refractivity contribution >= 4 is 17.4 Å². The summed E-state index contributed by atoms with van der Waals surface area (Å²) < 4.78 is 1.67. The first-order chi connectivity index (χ1) is 9.77. The average Bonchev–Trinajstić information content (AvgIpc) is 3.01. The van der Waals surface area contributed by atoms with Gasteiger partial charge in [0, 0.05) is 23.5 Å². The van der Waals surface area contributed by atoms with Gasteiger partial charge in [-0.1, -0.05) is 35.9 Å². The largest absolute Gasteiger partial charge is 0.288 e. The second-order valence-corrected chi connectivity index (χ2v) is 4.68. The van der Waals surface area contributed by atoms with E-state index in [2.05, 4.69) is 5.10 Å². The van der Waals surface area contributed by atoms with Crippen LogP contribution in [0.3, 0.4) is 0 Å². The van der Waals surface area contributed by atoms with Crippen LogP contribution in [0.2, 0.25) is 5.02 Å². The number of carbonyl (C=O) groups is 1. The summed E-state index contributed by atoms with van der Waals surface area (Å²) in [7, 11) is 0. The van der Waals surface area contributed by atoms with Gasteiger partial charge >= 0.3 is 0 Å². The Bertz CT molecular complexity index is 751. The van der Waals surface area contributed by atoms with Crippen molar-refractivity contribution in [1.29, 1.82) is 0 Å². The van der Waals surface area contributed by atoms with Gasteiger partial charge in [0.15, 0.2) is 5.78 Å². The first-order valence-electron chi connectivity index (χ1n) is 6.15. The molecule has 20 heavy (non-hydrogen) atoms. The zero-order valence-electron chi connectivity index (χ0n) is 10.5. The Labute approximate surface area is 121 Å². The molecule has 0 N–H and O–H groups in total. The van der Waals surface area contributed by atoms with E-state index in [1.807, 2.05) is 24.3 Å². The van der Waals surface area contributed by atoms with E-state index in [0.717, 1.165) is 5.69 Å². The lowest BCUT2D eigenvalue weighted by molar-refractivity contribution is 0.103. The maximum Gasteiger partial charge on any atom is 0.196 e. The molecule has 0 fully saturated rings. The SMILES string of the molecule is O=C(c1ccccc1Cl)c1ccccc1-n1cccn1. The topological polar surface area (TPSA) is 34.9 Å². The third kappa shape index (κ3) is 2.24. The van der Waals surface area contributed by atoms with Crippen molar-refractivity contribution in [3.63, 3.8) is 0 Å². The van der Waals surface area contributed by atoms with E-state index < -0.39 is 0 Å². The normalized spacial score (nSPS) is 10.4. The first-order valence-corrected chi connectivity index (χ1v) is 6.53. The number of hydrogen-bond acceptors (Lipinski definition) is 2. The molecular weight excluding hydrogens is 272 g/mol. The Morgan fingerprint density at radius 1 is 0.950 bits per heavy atom. The van der Waals surface area contributed by atoms with E-state index in [-0.39, 0.29) is 5.78 Å². The number of carbonyl (C=O) groups excluding carboxylic acids is 1. The number of para-hydroxylation sites is 1. The fraction of sp³-hybridized carbons (Fsp3) is 0. The summed E-state index contributed by atoms with van der Waals surface area (Å²) in [4.78, 5) is 12.7. The fourth-order valence-electron chi connectivity index (χ4n) is 2.07. The predicted octanol–water partition coefficient (Wildman–Crippen LogP) is 3.76. The molecule has 0 aliphatic carbocycles. The summed E-state index contributed by atoms with van der Waals surface area (Å²) in [6.07, 6.45) is 3.48. The summed E-state index contributed by atoms with van der Waals surface area (Å²) in [6.45, 7) is 0. The summed E-state index contributed by atoms with van der Waals surface area (Å²) >= 11 is 6.10. The molecule has 0 bridgehead atoms. The number of ketones is 1. The molecule has 0 aliphatic rings. The summed E-state index contributed by atoms with van der Waals surface area (Å²) in [5, 5.41) is 4.63. The second kappa shape index (κ2) is 5.31. The van der Waals surface area contributed by atoms with Gasteiger partial charge in [-0.05, 0) is 30.3 Å². The van der Waals surface area contributed by atoms with Crippen molar-refractivity contribution in [2.24, 2.45) is 0 Å². The third-order valence-corrected chi connectivity index (χ3v) is 3.35. The molecule has 3 aromatic rings. The third-order valence-electron chi connectivity index (χ3n) is 3.02. The molecule has 0 atom stereocenters. The monoisotopic (exact) mass is 282 g/mol. The van der Waals surface area contributed by atoms with Gasteiger partial charge in [0.25, 0.3) is 0 Å². The summed E-state index contributed by atoms with van der Waals surface area (Å²) in [6, 6.07) is 16.2. The molecule has 98 valence electrons. The quantitative estimate of drug-likeness (QED) is 0.686. The van der Waals surface area contributed by atoms with Crippen LogP contribution in [0.15, 0.2) is 67.0 Å². The van der Waals surface area contributed by atoms with E-state index in [1.165, 1.54) is 0 Å². The van der Waals surface area contributed by atoms with Gasteiger partial charge in [-0.25, -0.2) is 4.68 Å². The minimum Gasteiger partial charge on any atom is -0.288 e. The van der Waals surface area contributed by atoms with Crippen LogP contribution in [0.25, 0.3) is 5.69 Å². The van der Waals surface area contributed by atoms with Gasteiger partial charge in [-0.15, -0.1) is 0 Å². The molecule has 4 heteroatoms. The highest BCUT2D eigenvalue weighted by atomic mass is 35.5.